The number of nitrogens with zero attached hydrogens (tertiary/aromatic N) is 4. The molecule has 0 radical (unpaired) electrons. The van der Waals surface area contributed by atoms with E-state index in [0.717, 1.165) is 60.3 Å². The van der Waals surface area contributed by atoms with E-state index in [2.05, 4.69) is 31.7 Å². The second-order valence-electron chi connectivity index (χ2n) is 8.74. The van der Waals surface area contributed by atoms with Crippen molar-refractivity contribution in [2.75, 3.05) is 54.9 Å². The number of ether oxygens (including phenoxy) is 1. The Kier molecular flexibility index (Phi) is 5.76. The monoisotopic (exact) mass is 467 g/mol. The first kappa shape index (κ1) is 21.8. The van der Waals surface area contributed by atoms with Gasteiger partial charge in [0.05, 0.1) is 12.2 Å². The summed E-state index contributed by atoms with van der Waals surface area (Å²) in [5, 5.41) is 12.3. The van der Waals surface area contributed by atoms with E-state index in [-0.39, 0.29) is 11.8 Å². The third kappa shape index (κ3) is 4.69. The van der Waals surface area contributed by atoms with Gasteiger partial charge in [0.15, 0.2) is 0 Å². The van der Waals surface area contributed by atoms with Crippen LogP contribution in [-0.4, -0.2) is 74.3 Å². The molecule has 33 heavy (non-hydrogen) atoms. The van der Waals surface area contributed by atoms with Crippen LogP contribution in [0.5, 0.6) is 11.8 Å². The zero-order valence-corrected chi connectivity index (χ0v) is 19.4. The molecular formula is C24H29N5O3S. The zero-order chi connectivity index (χ0) is 23.0. The van der Waals surface area contributed by atoms with E-state index in [1.165, 1.54) is 0 Å². The summed E-state index contributed by atoms with van der Waals surface area (Å²) in [5.41, 5.74) is 9.04. The van der Waals surface area contributed by atoms with E-state index in [1.807, 2.05) is 18.2 Å². The fourth-order valence-corrected chi connectivity index (χ4v) is 5.92. The summed E-state index contributed by atoms with van der Waals surface area (Å²) < 4.78 is 17.9. The number of anilines is 2. The molecule has 2 aliphatic rings. The van der Waals surface area contributed by atoms with E-state index < -0.39 is 9.52 Å². The summed E-state index contributed by atoms with van der Waals surface area (Å²) in [5.74, 6) is 5.78. The molecule has 1 aromatic heterocycles. The Hall–Kier alpha value is -3.04. The topological polar surface area (TPSA) is 105 Å². The molecule has 1 fully saturated rings. The number of phenolic OH excluding ortho intramolecular Hbond substituents is 1. The molecule has 1 saturated heterocycles. The van der Waals surface area contributed by atoms with Crippen molar-refractivity contribution in [1.82, 2.24) is 14.9 Å². The van der Waals surface area contributed by atoms with Crippen LogP contribution in [0.4, 0.5) is 11.5 Å². The van der Waals surface area contributed by atoms with E-state index in [0.29, 0.717) is 30.5 Å². The van der Waals surface area contributed by atoms with Crippen LogP contribution in [0.15, 0.2) is 36.4 Å². The van der Waals surface area contributed by atoms with Crippen molar-refractivity contribution in [3.05, 3.63) is 47.7 Å². The second-order valence-corrected chi connectivity index (χ2v) is 11.5. The Morgan fingerprint density at radius 2 is 1.94 bits per heavy atom. The minimum absolute atomic E-state index is 0.244. The van der Waals surface area contributed by atoms with Crippen molar-refractivity contribution >= 4 is 37.7 Å². The largest absolute Gasteiger partial charge is 0.508 e. The van der Waals surface area contributed by atoms with Gasteiger partial charge in [0.2, 0.25) is 0 Å². The van der Waals surface area contributed by atoms with Gasteiger partial charge >= 0.3 is 6.01 Å². The highest BCUT2D eigenvalue weighted by atomic mass is 32.2. The fraction of sp³-hybridized carbons (Fsp3) is 0.375. The van der Waals surface area contributed by atoms with E-state index in [1.54, 1.807) is 12.1 Å². The summed E-state index contributed by atoms with van der Waals surface area (Å²) in [4.78, 5) is 13.5. The van der Waals surface area contributed by atoms with E-state index >= 15 is 0 Å². The van der Waals surface area contributed by atoms with Crippen molar-refractivity contribution in [3.8, 4) is 11.8 Å². The third-order valence-electron chi connectivity index (χ3n) is 6.44. The summed E-state index contributed by atoms with van der Waals surface area (Å²) in [6.07, 6.45) is 0.726. The van der Waals surface area contributed by atoms with E-state index in [9.17, 15) is 9.32 Å². The van der Waals surface area contributed by atoms with Gasteiger partial charge in [-0.05, 0) is 33.3 Å². The first-order chi connectivity index (χ1) is 15.9. The van der Waals surface area contributed by atoms with Crippen LogP contribution in [0.3, 0.4) is 0 Å². The molecular weight excluding hydrogens is 438 g/mol. The lowest BCUT2D eigenvalue weighted by Crippen LogP contribution is -2.42. The standard InChI is InChI=1S/C24H29N5O3S/c1-33(31)12-9-28(10-13-33)8-11-32-24-26-21-16-29(7-6-20(21)23(25)27-24)22-15-18(30)14-17-4-2-3-5-19(17)22/h2-5,14-15,30H,1,6-13,16H2,(H2,25,26,27). The molecule has 2 aliphatic heterocycles. The quantitative estimate of drug-likeness (QED) is 0.548. The van der Waals surface area contributed by atoms with Crippen LogP contribution in [-0.2, 0) is 22.5 Å². The Labute approximate surface area is 194 Å². The normalized spacial score (nSPS) is 18.2. The zero-order valence-electron chi connectivity index (χ0n) is 18.6. The van der Waals surface area contributed by atoms with Crippen LogP contribution in [0.2, 0.25) is 0 Å². The summed E-state index contributed by atoms with van der Waals surface area (Å²) in [6.45, 7) is 4.03. The Morgan fingerprint density at radius 3 is 2.76 bits per heavy atom. The van der Waals surface area contributed by atoms with Crippen molar-refractivity contribution in [2.24, 2.45) is 0 Å². The van der Waals surface area contributed by atoms with Crippen molar-refractivity contribution < 1.29 is 14.1 Å². The maximum Gasteiger partial charge on any atom is 0.318 e. The Balaban J connectivity index is 1.30. The molecule has 9 heteroatoms. The Morgan fingerprint density at radius 1 is 1.15 bits per heavy atom. The minimum Gasteiger partial charge on any atom is -0.508 e. The highest BCUT2D eigenvalue weighted by molar-refractivity contribution is 8.00. The number of aromatic nitrogens is 2. The Bertz CT molecular complexity index is 1280. The fourth-order valence-electron chi connectivity index (χ4n) is 4.54. The van der Waals surface area contributed by atoms with Crippen LogP contribution in [0.1, 0.15) is 11.3 Å². The number of hydrogen-bond acceptors (Lipinski definition) is 8. The molecule has 0 amide bonds. The first-order valence-corrected chi connectivity index (χ1v) is 13.2. The lowest BCUT2D eigenvalue weighted by molar-refractivity contribution is 0.210. The number of nitrogens with two attached hydrogens (primary N) is 1. The molecule has 8 nitrogen and oxygen atoms in total. The summed E-state index contributed by atoms with van der Waals surface area (Å²) >= 11 is 0. The predicted octanol–water partition coefficient (Wildman–Crippen LogP) is 1.89. The summed E-state index contributed by atoms with van der Waals surface area (Å²) in [6, 6.07) is 11.9. The number of phenols is 1. The maximum atomic E-state index is 12.0. The molecule has 0 unspecified atom stereocenters. The highest BCUT2D eigenvalue weighted by Crippen LogP contribution is 2.35. The lowest BCUT2D eigenvalue weighted by atomic mass is 10.0. The van der Waals surface area contributed by atoms with Gasteiger partial charge < -0.3 is 20.5 Å². The van der Waals surface area contributed by atoms with Crippen molar-refractivity contribution in [2.45, 2.75) is 13.0 Å². The molecule has 2 aromatic carbocycles. The van der Waals surface area contributed by atoms with Crippen molar-refractivity contribution in [1.29, 1.82) is 0 Å². The molecule has 174 valence electrons. The minimum atomic E-state index is -1.90. The van der Waals surface area contributed by atoms with Gasteiger partial charge in [0.1, 0.15) is 18.2 Å². The second kappa shape index (κ2) is 8.72. The highest BCUT2D eigenvalue weighted by Gasteiger charge is 2.24. The number of hydrogen-bond donors (Lipinski definition) is 2. The van der Waals surface area contributed by atoms with Crippen LogP contribution >= 0.6 is 0 Å². The molecule has 3 heterocycles. The van der Waals surface area contributed by atoms with Crippen molar-refractivity contribution in [3.63, 3.8) is 0 Å². The lowest BCUT2D eigenvalue weighted by Gasteiger charge is -2.31. The average molecular weight is 468 g/mol. The maximum absolute atomic E-state index is 12.0. The van der Waals surface area contributed by atoms with Gasteiger partial charge in [-0.25, -0.2) is 0 Å². The molecule has 0 spiro atoms. The molecule has 0 atom stereocenters. The number of fused-ring (bicyclic) bond motifs is 2. The molecule has 0 bridgehead atoms. The summed E-state index contributed by atoms with van der Waals surface area (Å²) in [7, 11) is -1.90. The molecule has 0 saturated carbocycles. The first-order valence-electron chi connectivity index (χ1n) is 11.2. The molecule has 3 N–H and O–H groups in total. The third-order valence-corrected chi connectivity index (χ3v) is 8.29. The van der Waals surface area contributed by atoms with Gasteiger partial charge in [-0.15, -0.1) is 0 Å². The number of aromatic hydroxyl groups is 1. The predicted molar refractivity (Wildman–Crippen MR) is 134 cm³/mol. The number of nitrogen functional groups attached to an aromatic ring is 1. The number of rotatable bonds is 5. The van der Waals surface area contributed by atoms with Gasteiger partial charge in [0.25, 0.3) is 0 Å². The molecule has 3 aromatic rings. The number of benzene rings is 2. The van der Waals surface area contributed by atoms with Gasteiger partial charge in [-0.2, -0.15) is 9.97 Å². The van der Waals surface area contributed by atoms with Gasteiger partial charge in [0, 0.05) is 60.4 Å². The molecule has 0 aliphatic carbocycles. The van der Waals surface area contributed by atoms with Gasteiger partial charge in [-0.1, -0.05) is 24.3 Å². The molecule has 5 rings (SSSR count). The average Bonchev–Trinajstić information content (AvgIpc) is 2.79. The smallest absolute Gasteiger partial charge is 0.318 e. The van der Waals surface area contributed by atoms with E-state index in [4.69, 9.17) is 10.5 Å². The van der Waals surface area contributed by atoms with Gasteiger partial charge in [-0.3, -0.25) is 9.11 Å². The van der Waals surface area contributed by atoms with Crippen LogP contribution in [0, 0.1) is 0 Å². The van der Waals surface area contributed by atoms with Crippen LogP contribution in [0.25, 0.3) is 10.8 Å². The SMILES string of the molecule is C=S1(=O)CCN(CCOc2nc(N)c3c(n2)CN(c2cc(O)cc4ccccc24)CC3)CC1. The van der Waals surface area contributed by atoms with Crippen LogP contribution < -0.4 is 15.4 Å².